The van der Waals surface area contributed by atoms with Crippen LogP contribution in [0.1, 0.15) is 0 Å². The largest absolute Gasteiger partial charge is 0.309 e. The van der Waals surface area contributed by atoms with Crippen molar-refractivity contribution in [2.24, 2.45) is 0 Å². The number of benzene rings is 8. The zero-order chi connectivity index (χ0) is 32.3. The molecule has 0 aliphatic carbocycles. The summed E-state index contributed by atoms with van der Waals surface area (Å²) in [5, 5.41) is 10.0. The molecule has 0 atom stereocenters. The first-order valence-corrected chi connectivity index (χ1v) is 16.8. The van der Waals surface area contributed by atoms with Gasteiger partial charge in [0.2, 0.25) is 0 Å². The first kappa shape index (κ1) is 27.6. The maximum Gasteiger partial charge on any atom is 0.0703 e. The molecule has 0 radical (unpaired) electrons. The molecule has 0 fully saturated rings. The van der Waals surface area contributed by atoms with Crippen molar-refractivity contribution in [3.05, 3.63) is 182 Å². The van der Waals surface area contributed by atoms with E-state index in [1.807, 2.05) is 0 Å². The van der Waals surface area contributed by atoms with Gasteiger partial charge < -0.3 is 4.57 Å². The molecule has 0 amide bonds. The Balaban J connectivity index is 1.16. The van der Waals surface area contributed by atoms with Crippen LogP contribution >= 0.6 is 0 Å². The highest BCUT2D eigenvalue weighted by molar-refractivity contribution is 6.22. The molecule has 2 nitrogen and oxygen atoms in total. The molecule has 0 aliphatic rings. The molecule has 2 heteroatoms. The van der Waals surface area contributed by atoms with E-state index >= 15 is 0 Å². The predicted molar refractivity (Wildman–Crippen MR) is 207 cm³/mol. The van der Waals surface area contributed by atoms with E-state index in [0.717, 1.165) is 22.5 Å². The van der Waals surface area contributed by atoms with Gasteiger partial charge in [0.15, 0.2) is 0 Å². The fraction of sp³-hybridized carbons (Fsp3) is 0. The number of aromatic nitrogens is 2. The van der Waals surface area contributed by atoms with Crippen LogP contribution in [0.3, 0.4) is 0 Å². The highest BCUT2D eigenvalue weighted by Gasteiger charge is 2.18. The molecule has 0 N–H and O–H groups in total. The van der Waals surface area contributed by atoms with E-state index in [1.54, 1.807) is 0 Å². The Labute approximate surface area is 284 Å². The van der Waals surface area contributed by atoms with Crippen LogP contribution in [0.2, 0.25) is 0 Å². The van der Waals surface area contributed by atoms with E-state index in [9.17, 15) is 0 Å². The van der Waals surface area contributed by atoms with Crippen LogP contribution in [0.15, 0.2) is 182 Å². The molecule has 0 bridgehead atoms. The third-order valence-electron chi connectivity index (χ3n) is 10.0. The topological polar surface area (TPSA) is 17.8 Å². The Bertz CT molecular complexity index is 2790. The number of pyridine rings is 1. The van der Waals surface area contributed by atoms with Gasteiger partial charge in [0.05, 0.1) is 16.7 Å². The highest BCUT2D eigenvalue weighted by atomic mass is 15.0. The number of hydrogen-bond donors (Lipinski definition) is 0. The monoisotopic (exact) mass is 622 g/mol. The molecule has 2 heterocycles. The second kappa shape index (κ2) is 11.0. The molecule has 10 aromatic rings. The quantitative estimate of drug-likeness (QED) is 0.179. The Hall–Kier alpha value is -6.51. The van der Waals surface area contributed by atoms with Gasteiger partial charge in [0, 0.05) is 33.8 Å². The minimum Gasteiger partial charge on any atom is -0.309 e. The number of nitrogens with zero attached hydrogens (tertiary/aromatic N) is 2. The van der Waals surface area contributed by atoms with Gasteiger partial charge in [-0.2, -0.15) is 0 Å². The molecule has 0 aliphatic heterocycles. The summed E-state index contributed by atoms with van der Waals surface area (Å²) in [6.07, 6.45) is 2.05. The van der Waals surface area contributed by atoms with Gasteiger partial charge in [-0.05, 0) is 79.3 Å². The van der Waals surface area contributed by atoms with Gasteiger partial charge >= 0.3 is 0 Å². The van der Waals surface area contributed by atoms with Crippen LogP contribution < -0.4 is 0 Å². The normalized spacial score (nSPS) is 11.7. The van der Waals surface area contributed by atoms with Crippen molar-refractivity contribution in [3.63, 3.8) is 0 Å². The lowest BCUT2D eigenvalue weighted by Gasteiger charge is -2.17. The SMILES string of the molecule is c1ccc(-c2c3ccccc3c(-c3ccc(-c4ccc5c6c7ccccc7ccc6n(-c6ccccc6)c5c4)nc3)c3ccccc23)cc1. The number of fused-ring (bicyclic) bond motifs is 7. The summed E-state index contributed by atoms with van der Waals surface area (Å²) in [5.41, 5.74) is 10.4. The van der Waals surface area contributed by atoms with E-state index in [4.69, 9.17) is 4.98 Å². The fourth-order valence-electron chi connectivity index (χ4n) is 7.87. The summed E-state index contributed by atoms with van der Waals surface area (Å²) in [4.78, 5) is 5.12. The van der Waals surface area contributed by atoms with E-state index in [1.165, 1.54) is 70.8 Å². The lowest BCUT2D eigenvalue weighted by Crippen LogP contribution is -1.94. The van der Waals surface area contributed by atoms with Crippen molar-refractivity contribution >= 4 is 54.1 Å². The summed E-state index contributed by atoms with van der Waals surface area (Å²) in [6, 6.07) is 63.3. The summed E-state index contributed by atoms with van der Waals surface area (Å²) in [7, 11) is 0. The maximum absolute atomic E-state index is 5.12. The predicted octanol–water partition coefficient (Wildman–Crippen LogP) is 12.6. The van der Waals surface area contributed by atoms with Crippen molar-refractivity contribution in [3.8, 4) is 39.2 Å². The minimum absolute atomic E-state index is 0.954. The standard InChI is InChI=1S/C47H30N2/c1-3-14-32(15-4-1)45-37-19-9-11-21-39(37)46(40-22-12-10-20-38(40)45)34-24-27-42(48-30-34)33-23-26-41-44(29-33)49(35-16-5-2-6-17-35)43-28-25-31-13-7-8-18-36(31)47(41)43/h1-30H. The van der Waals surface area contributed by atoms with Gasteiger partial charge in [-0.1, -0.05) is 146 Å². The molecular formula is C47H30N2. The van der Waals surface area contributed by atoms with Crippen LogP contribution in [0.25, 0.3) is 93.3 Å². The van der Waals surface area contributed by atoms with Crippen LogP contribution in [0.4, 0.5) is 0 Å². The third kappa shape index (κ3) is 4.31. The smallest absolute Gasteiger partial charge is 0.0703 e. The molecule has 49 heavy (non-hydrogen) atoms. The Morgan fingerprint density at radius 1 is 0.367 bits per heavy atom. The van der Waals surface area contributed by atoms with Crippen molar-refractivity contribution in [2.75, 3.05) is 0 Å². The van der Waals surface area contributed by atoms with Crippen molar-refractivity contribution in [1.82, 2.24) is 9.55 Å². The Morgan fingerprint density at radius 2 is 0.939 bits per heavy atom. The number of hydrogen-bond acceptors (Lipinski definition) is 1. The molecule has 0 saturated heterocycles. The second-order valence-electron chi connectivity index (χ2n) is 12.7. The van der Waals surface area contributed by atoms with Crippen LogP contribution in [0, 0.1) is 0 Å². The molecule has 0 spiro atoms. The Kier molecular flexibility index (Phi) is 6.22. The molecule has 2 aromatic heterocycles. The van der Waals surface area contributed by atoms with Gasteiger partial charge in [0.1, 0.15) is 0 Å². The highest BCUT2D eigenvalue weighted by Crippen LogP contribution is 2.44. The van der Waals surface area contributed by atoms with Gasteiger partial charge in [0.25, 0.3) is 0 Å². The first-order valence-electron chi connectivity index (χ1n) is 16.8. The maximum atomic E-state index is 5.12. The number of rotatable bonds is 4. The fourth-order valence-corrected chi connectivity index (χ4v) is 7.87. The average molecular weight is 623 g/mol. The van der Waals surface area contributed by atoms with E-state index in [-0.39, 0.29) is 0 Å². The minimum atomic E-state index is 0.954. The summed E-state index contributed by atoms with van der Waals surface area (Å²) >= 11 is 0. The first-order chi connectivity index (χ1) is 24.3. The molecule has 8 aromatic carbocycles. The third-order valence-corrected chi connectivity index (χ3v) is 10.0. The molecule has 0 unspecified atom stereocenters. The molecule has 10 rings (SSSR count). The molecule has 0 saturated carbocycles. The van der Waals surface area contributed by atoms with Crippen molar-refractivity contribution in [1.29, 1.82) is 0 Å². The van der Waals surface area contributed by atoms with E-state index in [0.29, 0.717) is 0 Å². The zero-order valence-electron chi connectivity index (χ0n) is 26.7. The van der Waals surface area contributed by atoms with Gasteiger partial charge in [-0.15, -0.1) is 0 Å². The van der Waals surface area contributed by atoms with E-state index in [2.05, 4.69) is 187 Å². The van der Waals surface area contributed by atoms with Crippen LogP contribution in [-0.2, 0) is 0 Å². The Morgan fingerprint density at radius 3 is 1.59 bits per heavy atom. The van der Waals surface area contributed by atoms with Crippen molar-refractivity contribution < 1.29 is 0 Å². The second-order valence-corrected chi connectivity index (χ2v) is 12.7. The van der Waals surface area contributed by atoms with Crippen molar-refractivity contribution in [2.45, 2.75) is 0 Å². The van der Waals surface area contributed by atoms with Crippen LogP contribution in [-0.4, -0.2) is 9.55 Å². The van der Waals surface area contributed by atoms with Crippen LogP contribution in [0.5, 0.6) is 0 Å². The molecular weight excluding hydrogens is 593 g/mol. The zero-order valence-corrected chi connectivity index (χ0v) is 26.7. The summed E-state index contributed by atoms with van der Waals surface area (Å²) < 4.78 is 2.39. The number of para-hydroxylation sites is 1. The lowest BCUT2D eigenvalue weighted by molar-refractivity contribution is 1.18. The van der Waals surface area contributed by atoms with Gasteiger partial charge in [-0.3, -0.25) is 4.98 Å². The van der Waals surface area contributed by atoms with E-state index < -0.39 is 0 Å². The van der Waals surface area contributed by atoms with Gasteiger partial charge in [-0.25, -0.2) is 0 Å². The average Bonchev–Trinajstić information content (AvgIpc) is 3.52. The lowest BCUT2D eigenvalue weighted by atomic mass is 9.86. The summed E-state index contributed by atoms with van der Waals surface area (Å²) in [6.45, 7) is 0. The molecule has 228 valence electrons. The summed E-state index contributed by atoms with van der Waals surface area (Å²) in [5.74, 6) is 0.